The lowest BCUT2D eigenvalue weighted by Crippen LogP contribution is -2.40. The Balaban J connectivity index is 2.29. The van der Waals surface area contributed by atoms with Crippen molar-refractivity contribution < 1.29 is 4.39 Å². The molecule has 0 atom stereocenters. The lowest BCUT2D eigenvalue weighted by molar-refractivity contribution is 0.247. The van der Waals surface area contributed by atoms with Crippen molar-refractivity contribution in [3.8, 4) is 0 Å². The molecule has 16 heavy (non-hydrogen) atoms. The summed E-state index contributed by atoms with van der Waals surface area (Å²) in [5, 5.41) is 0. The zero-order valence-electron chi connectivity index (χ0n) is 10.1. The Morgan fingerprint density at radius 1 is 1.31 bits per heavy atom. The van der Waals surface area contributed by atoms with Crippen LogP contribution in [-0.2, 0) is 5.54 Å². The molecule has 0 unspecified atom stereocenters. The van der Waals surface area contributed by atoms with E-state index in [4.69, 9.17) is 5.73 Å². The van der Waals surface area contributed by atoms with Gasteiger partial charge in [-0.25, -0.2) is 4.39 Å². The van der Waals surface area contributed by atoms with Gasteiger partial charge < -0.3 is 5.73 Å². The first-order chi connectivity index (χ1) is 7.51. The molecule has 1 aliphatic carbocycles. The number of halogens is 1. The van der Waals surface area contributed by atoms with Crippen LogP contribution in [0.1, 0.15) is 43.7 Å². The van der Waals surface area contributed by atoms with Crippen LogP contribution in [0.2, 0.25) is 0 Å². The van der Waals surface area contributed by atoms with Crippen molar-refractivity contribution in [2.75, 3.05) is 0 Å². The summed E-state index contributed by atoms with van der Waals surface area (Å²) in [5.41, 5.74) is 8.35. The van der Waals surface area contributed by atoms with Gasteiger partial charge in [-0.2, -0.15) is 0 Å². The predicted molar refractivity (Wildman–Crippen MR) is 64.6 cm³/mol. The lowest BCUT2D eigenvalue weighted by Gasteiger charge is -2.37. The van der Waals surface area contributed by atoms with Gasteiger partial charge in [0.1, 0.15) is 5.82 Å². The summed E-state index contributed by atoms with van der Waals surface area (Å²) in [6, 6.07) is 4.97. The minimum Gasteiger partial charge on any atom is -0.321 e. The highest BCUT2D eigenvalue weighted by Crippen LogP contribution is 2.38. The van der Waals surface area contributed by atoms with Crippen LogP contribution in [0.15, 0.2) is 18.2 Å². The molecule has 1 aromatic rings. The van der Waals surface area contributed by atoms with E-state index in [0.29, 0.717) is 0 Å². The fourth-order valence-electron chi connectivity index (χ4n) is 2.73. The van der Waals surface area contributed by atoms with E-state index in [9.17, 15) is 4.39 Å². The number of aryl methyl sites for hydroxylation is 1. The second-order valence-corrected chi connectivity index (χ2v) is 5.30. The number of hydrogen-bond acceptors (Lipinski definition) is 1. The minimum atomic E-state index is -0.232. The molecule has 0 bridgehead atoms. The van der Waals surface area contributed by atoms with Crippen molar-refractivity contribution in [2.45, 2.75) is 45.1 Å². The van der Waals surface area contributed by atoms with Gasteiger partial charge in [-0.15, -0.1) is 0 Å². The third-order valence-corrected chi connectivity index (χ3v) is 3.89. The molecule has 1 nitrogen and oxygen atoms in total. The molecule has 1 fully saturated rings. The number of rotatable bonds is 1. The summed E-state index contributed by atoms with van der Waals surface area (Å²) in [7, 11) is 0. The molecule has 1 aliphatic rings. The van der Waals surface area contributed by atoms with E-state index in [1.165, 1.54) is 18.9 Å². The fourth-order valence-corrected chi connectivity index (χ4v) is 2.73. The van der Waals surface area contributed by atoms with Crippen molar-refractivity contribution in [3.63, 3.8) is 0 Å². The van der Waals surface area contributed by atoms with Crippen LogP contribution in [0.4, 0.5) is 4.39 Å². The van der Waals surface area contributed by atoms with Gasteiger partial charge in [0, 0.05) is 5.54 Å². The van der Waals surface area contributed by atoms with Gasteiger partial charge in [-0.1, -0.05) is 13.0 Å². The molecule has 0 aromatic heterocycles. The van der Waals surface area contributed by atoms with E-state index in [-0.39, 0.29) is 11.4 Å². The van der Waals surface area contributed by atoms with Gasteiger partial charge in [0.2, 0.25) is 0 Å². The molecule has 1 saturated carbocycles. The van der Waals surface area contributed by atoms with Crippen LogP contribution in [-0.4, -0.2) is 0 Å². The summed E-state index contributed by atoms with van der Waals surface area (Å²) in [4.78, 5) is 0. The summed E-state index contributed by atoms with van der Waals surface area (Å²) in [5.74, 6) is 0.603. The van der Waals surface area contributed by atoms with Crippen molar-refractivity contribution in [1.29, 1.82) is 0 Å². The summed E-state index contributed by atoms with van der Waals surface area (Å²) >= 11 is 0. The van der Waals surface area contributed by atoms with E-state index in [1.54, 1.807) is 6.07 Å². The summed E-state index contributed by atoms with van der Waals surface area (Å²) in [6.45, 7) is 4.22. The largest absolute Gasteiger partial charge is 0.321 e. The minimum absolute atomic E-state index is 0.172. The Morgan fingerprint density at radius 3 is 2.50 bits per heavy atom. The van der Waals surface area contributed by atoms with E-state index in [0.717, 1.165) is 29.9 Å². The molecule has 0 aliphatic heterocycles. The molecular formula is C14H20FN. The van der Waals surface area contributed by atoms with E-state index >= 15 is 0 Å². The number of hydrogen-bond donors (Lipinski definition) is 1. The molecule has 0 radical (unpaired) electrons. The predicted octanol–water partition coefficient (Wildman–Crippen LogP) is 3.50. The van der Waals surface area contributed by atoms with E-state index in [1.807, 2.05) is 13.0 Å². The Morgan fingerprint density at radius 2 is 1.94 bits per heavy atom. The Hall–Kier alpha value is -0.890. The SMILES string of the molecule is Cc1cc(F)ccc1C1(N)CCC(C)CC1. The normalized spacial score (nSPS) is 30.4. The highest BCUT2D eigenvalue weighted by atomic mass is 19.1. The topological polar surface area (TPSA) is 26.0 Å². The summed E-state index contributed by atoms with van der Waals surface area (Å²) in [6.07, 6.45) is 4.38. The van der Waals surface area contributed by atoms with E-state index in [2.05, 4.69) is 6.92 Å². The van der Waals surface area contributed by atoms with Crippen molar-refractivity contribution in [2.24, 2.45) is 11.7 Å². The highest BCUT2D eigenvalue weighted by molar-refractivity contribution is 5.33. The third-order valence-electron chi connectivity index (χ3n) is 3.89. The fraction of sp³-hybridized carbons (Fsp3) is 0.571. The van der Waals surface area contributed by atoms with Gasteiger partial charge >= 0.3 is 0 Å². The Kier molecular flexibility index (Phi) is 3.02. The first-order valence-corrected chi connectivity index (χ1v) is 6.07. The van der Waals surface area contributed by atoms with Gasteiger partial charge in [0.05, 0.1) is 0 Å². The van der Waals surface area contributed by atoms with Gasteiger partial charge in [0.15, 0.2) is 0 Å². The third kappa shape index (κ3) is 2.12. The lowest BCUT2D eigenvalue weighted by atomic mass is 9.73. The molecule has 2 heteroatoms. The zero-order chi connectivity index (χ0) is 11.8. The molecule has 0 spiro atoms. The first kappa shape index (κ1) is 11.6. The van der Waals surface area contributed by atoms with Crippen molar-refractivity contribution >= 4 is 0 Å². The molecule has 88 valence electrons. The van der Waals surface area contributed by atoms with Crippen LogP contribution in [0.5, 0.6) is 0 Å². The molecule has 2 rings (SSSR count). The molecule has 0 saturated heterocycles. The Labute approximate surface area is 96.9 Å². The first-order valence-electron chi connectivity index (χ1n) is 6.07. The molecule has 1 aromatic carbocycles. The number of benzene rings is 1. The second-order valence-electron chi connectivity index (χ2n) is 5.30. The monoisotopic (exact) mass is 221 g/mol. The average Bonchev–Trinajstić information content (AvgIpc) is 2.22. The van der Waals surface area contributed by atoms with Crippen molar-refractivity contribution in [1.82, 2.24) is 0 Å². The van der Waals surface area contributed by atoms with E-state index < -0.39 is 0 Å². The molecule has 0 heterocycles. The van der Waals surface area contributed by atoms with Crippen LogP contribution < -0.4 is 5.73 Å². The number of nitrogens with two attached hydrogens (primary N) is 1. The highest BCUT2D eigenvalue weighted by Gasteiger charge is 2.32. The second kappa shape index (κ2) is 4.17. The molecular weight excluding hydrogens is 201 g/mol. The van der Waals surface area contributed by atoms with Crippen molar-refractivity contribution in [3.05, 3.63) is 35.1 Å². The summed E-state index contributed by atoms with van der Waals surface area (Å²) < 4.78 is 13.1. The average molecular weight is 221 g/mol. The maximum Gasteiger partial charge on any atom is 0.123 e. The van der Waals surface area contributed by atoms with Gasteiger partial charge in [0.25, 0.3) is 0 Å². The molecule has 2 N–H and O–H groups in total. The zero-order valence-corrected chi connectivity index (χ0v) is 10.1. The maximum absolute atomic E-state index is 13.1. The van der Waals surface area contributed by atoms with Gasteiger partial charge in [-0.3, -0.25) is 0 Å². The quantitative estimate of drug-likeness (QED) is 0.771. The van der Waals surface area contributed by atoms with Crippen LogP contribution in [0.3, 0.4) is 0 Å². The van der Waals surface area contributed by atoms with Gasteiger partial charge in [-0.05, 0) is 61.8 Å². The smallest absolute Gasteiger partial charge is 0.123 e. The van der Waals surface area contributed by atoms with Crippen LogP contribution >= 0.6 is 0 Å². The standard InChI is InChI=1S/C14H20FN/c1-10-5-7-14(16,8-6-10)13-4-3-12(15)9-11(13)2/h3-4,9-10H,5-8,16H2,1-2H3. The molecule has 0 amide bonds. The maximum atomic E-state index is 13.1. The van der Waals surface area contributed by atoms with Crippen LogP contribution in [0, 0.1) is 18.7 Å². The van der Waals surface area contributed by atoms with Crippen LogP contribution in [0.25, 0.3) is 0 Å². The Bertz CT molecular complexity index is 378.